The highest BCUT2D eigenvalue weighted by atomic mass is 16.5. The van der Waals surface area contributed by atoms with E-state index in [1.165, 1.54) is 6.42 Å². The maximum absolute atomic E-state index is 9.05. The maximum Gasteiger partial charge on any atom is 0.120 e. The highest BCUT2D eigenvalue weighted by Gasteiger charge is 2.24. The monoisotopic (exact) mass is 298 g/mol. The molecule has 0 aliphatic heterocycles. The normalized spacial score (nSPS) is 11.6. The summed E-state index contributed by atoms with van der Waals surface area (Å²) in [4.78, 5) is 0. The van der Waals surface area contributed by atoms with Crippen LogP contribution in [0.15, 0.2) is 18.2 Å². The molecular formula is C19H26N2O. The van der Waals surface area contributed by atoms with Gasteiger partial charge >= 0.3 is 0 Å². The van der Waals surface area contributed by atoms with Crippen molar-refractivity contribution in [3.63, 3.8) is 0 Å². The molecule has 0 unspecified atom stereocenters. The predicted molar refractivity (Wildman–Crippen MR) is 88.5 cm³/mol. The molecule has 0 fully saturated rings. The van der Waals surface area contributed by atoms with Crippen LogP contribution >= 0.6 is 0 Å². The summed E-state index contributed by atoms with van der Waals surface area (Å²) in [5.74, 6) is 0.651. The van der Waals surface area contributed by atoms with Crippen molar-refractivity contribution in [2.45, 2.75) is 53.9 Å². The molecule has 1 aromatic carbocycles. The lowest BCUT2D eigenvalue weighted by atomic mass is 9.78. The van der Waals surface area contributed by atoms with E-state index < -0.39 is 0 Å². The molecule has 118 valence electrons. The third kappa shape index (κ3) is 5.41. The van der Waals surface area contributed by atoms with E-state index in [0.717, 1.165) is 12.8 Å². The molecule has 0 atom stereocenters. The first-order valence-electron chi connectivity index (χ1n) is 7.80. The molecule has 0 amide bonds. The van der Waals surface area contributed by atoms with Crippen LogP contribution in [0.2, 0.25) is 0 Å². The van der Waals surface area contributed by atoms with Crippen molar-refractivity contribution in [1.82, 2.24) is 0 Å². The third-order valence-electron chi connectivity index (χ3n) is 4.30. The molecule has 1 rings (SSSR count). The summed E-state index contributed by atoms with van der Waals surface area (Å²) in [5.41, 5.74) is 1.19. The number of hydrogen-bond donors (Lipinski definition) is 0. The van der Waals surface area contributed by atoms with Gasteiger partial charge in [-0.05, 0) is 41.9 Å². The zero-order chi connectivity index (χ0) is 16.8. The molecule has 22 heavy (non-hydrogen) atoms. The second-order valence-electron chi connectivity index (χ2n) is 7.40. The van der Waals surface area contributed by atoms with Gasteiger partial charge in [0.05, 0.1) is 17.7 Å². The second-order valence-corrected chi connectivity index (χ2v) is 7.40. The fraction of sp³-hybridized carbons (Fsp3) is 0.579. The van der Waals surface area contributed by atoms with Gasteiger partial charge in [-0.1, -0.05) is 41.0 Å². The first kappa shape index (κ1) is 18.1. The molecule has 0 aromatic heterocycles. The Bertz CT molecular complexity index is 588. The van der Waals surface area contributed by atoms with Crippen LogP contribution in [0.5, 0.6) is 5.75 Å². The van der Waals surface area contributed by atoms with Crippen LogP contribution in [0, 0.1) is 33.5 Å². The van der Waals surface area contributed by atoms with E-state index in [1.807, 2.05) is 12.1 Å². The van der Waals surface area contributed by atoms with Crippen molar-refractivity contribution in [3.8, 4) is 17.9 Å². The SMILES string of the molecule is CCC(C)(C)CCC(C)(C)COc1ccc(C#N)c(C#N)c1. The maximum atomic E-state index is 9.05. The summed E-state index contributed by atoms with van der Waals surface area (Å²) in [7, 11) is 0. The fourth-order valence-corrected chi connectivity index (χ4v) is 2.01. The van der Waals surface area contributed by atoms with Crippen molar-refractivity contribution < 1.29 is 4.74 Å². The zero-order valence-corrected chi connectivity index (χ0v) is 14.4. The molecular weight excluding hydrogens is 272 g/mol. The Labute approximate surface area is 134 Å². The molecule has 0 N–H and O–H groups in total. The molecule has 0 heterocycles. The molecule has 3 heteroatoms. The van der Waals surface area contributed by atoms with Crippen LogP contribution < -0.4 is 4.74 Å². The molecule has 0 aliphatic rings. The lowest BCUT2D eigenvalue weighted by Crippen LogP contribution is -2.24. The highest BCUT2D eigenvalue weighted by molar-refractivity contribution is 5.49. The van der Waals surface area contributed by atoms with Crippen molar-refractivity contribution in [1.29, 1.82) is 10.5 Å². The number of nitriles is 2. The van der Waals surface area contributed by atoms with E-state index in [-0.39, 0.29) is 5.41 Å². The molecule has 0 bridgehead atoms. The van der Waals surface area contributed by atoms with Crippen molar-refractivity contribution in [3.05, 3.63) is 29.3 Å². The van der Waals surface area contributed by atoms with Gasteiger partial charge in [0, 0.05) is 0 Å². The molecule has 0 saturated carbocycles. The molecule has 3 nitrogen and oxygen atoms in total. The second kappa shape index (κ2) is 7.32. The summed E-state index contributed by atoms with van der Waals surface area (Å²) in [6, 6.07) is 9.08. The van der Waals surface area contributed by atoms with Crippen LogP contribution in [0.25, 0.3) is 0 Å². The minimum atomic E-state index is 0.0765. The Balaban J connectivity index is 2.66. The van der Waals surface area contributed by atoms with Gasteiger partial charge in [0.25, 0.3) is 0 Å². The summed E-state index contributed by atoms with van der Waals surface area (Å²) in [6.07, 6.45) is 3.43. The van der Waals surface area contributed by atoms with Crippen LogP contribution in [-0.2, 0) is 0 Å². The lowest BCUT2D eigenvalue weighted by molar-refractivity contribution is 0.145. The Kier molecular flexibility index (Phi) is 6.01. The zero-order valence-electron chi connectivity index (χ0n) is 14.4. The Morgan fingerprint density at radius 1 is 0.955 bits per heavy atom. The van der Waals surface area contributed by atoms with Gasteiger partial charge in [-0.2, -0.15) is 10.5 Å². The summed E-state index contributed by atoms with van der Waals surface area (Å²) in [6.45, 7) is 11.8. The first-order chi connectivity index (χ1) is 10.2. The first-order valence-corrected chi connectivity index (χ1v) is 7.80. The van der Waals surface area contributed by atoms with E-state index in [2.05, 4.69) is 34.6 Å². The molecule has 0 saturated heterocycles. The number of benzene rings is 1. The molecule has 0 spiro atoms. The summed E-state index contributed by atoms with van der Waals surface area (Å²) >= 11 is 0. The minimum absolute atomic E-state index is 0.0765. The van der Waals surface area contributed by atoms with Crippen LogP contribution in [0.4, 0.5) is 0 Å². The van der Waals surface area contributed by atoms with Crippen molar-refractivity contribution in [2.75, 3.05) is 6.61 Å². The average molecular weight is 298 g/mol. The van der Waals surface area contributed by atoms with Gasteiger partial charge in [-0.3, -0.25) is 0 Å². The van der Waals surface area contributed by atoms with E-state index in [0.29, 0.717) is 28.9 Å². The van der Waals surface area contributed by atoms with Gasteiger partial charge in [-0.25, -0.2) is 0 Å². The number of hydrogen-bond acceptors (Lipinski definition) is 3. The predicted octanol–water partition coefficient (Wildman–Crippen LogP) is 5.05. The van der Waals surface area contributed by atoms with E-state index >= 15 is 0 Å². The van der Waals surface area contributed by atoms with Crippen molar-refractivity contribution in [2.24, 2.45) is 10.8 Å². The molecule has 1 aromatic rings. The fourth-order valence-electron chi connectivity index (χ4n) is 2.01. The average Bonchev–Trinajstić information content (AvgIpc) is 2.51. The van der Waals surface area contributed by atoms with Gasteiger partial charge in [0.1, 0.15) is 17.9 Å². The topological polar surface area (TPSA) is 56.8 Å². The smallest absolute Gasteiger partial charge is 0.120 e. The van der Waals surface area contributed by atoms with E-state index in [4.69, 9.17) is 15.3 Å². The van der Waals surface area contributed by atoms with E-state index in [1.54, 1.807) is 18.2 Å². The van der Waals surface area contributed by atoms with Crippen LogP contribution in [0.3, 0.4) is 0 Å². The molecule has 0 radical (unpaired) electrons. The van der Waals surface area contributed by atoms with Crippen LogP contribution in [-0.4, -0.2) is 6.61 Å². The van der Waals surface area contributed by atoms with Gasteiger partial charge in [0.2, 0.25) is 0 Å². The summed E-state index contributed by atoms with van der Waals surface area (Å²) in [5, 5.41) is 18.0. The standard InChI is InChI=1S/C19H26N2O/c1-6-18(2,3)9-10-19(4,5)14-22-17-8-7-15(12-20)16(11-17)13-21/h7-8,11H,6,9-10,14H2,1-5H3. The Morgan fingerprint density at radius 2 is 1.55 bits per heavy atom. The third-order valence-corrected chi connectivity index (χ3v) is 4.30. The Hall–Kier alpha value is -2.00. The lowest BCUT2D eigenvalue weighted by Gasteiger charge is -2.30. The number of rotatable bonds is 7. The number of nitrogens with zero attached hydrogens (tertiary/aromatic N) is 2. The quantitative estimate of drug-likeness (QED) is 0.707. The van der Waals surface area contributed by atoms with Gasteiger partial charge in [0.15, 0.2) is 0 Å². The largest absolute Gasteiger partial charge is 0.493 e. The van der Waals surface area contributed by atoms with E-state index in [9.17, 15) is 0 Å². The highest BCUT2D eigenvalue weighted by Crippen LogP contribution is 2.33. The minimum Gasteiger partial charge on any atom is -0.493 e. The van der Waals surface area contributed by atoms with Gasteiger partial charge < -0.3 is 4.74 Å². The Morgan fingerprint density at radius 3 is 2.09 bits per heavy atom. The number of ether oxygens (including phenoxy) is 1. The van der Waals surface area contributed by atoms with Crippen LogP contribution in [0.1, 0.15) is 65.0 Å². The summed E-state index contributed by atoms with van der Waals surface area (Å²) < 4.78 is 5.85. The van der Waals surface area contributed by atoms with Gasteiger partial charge in [-0.15, -0.1) is 0 Å². The molecule has 0 aliphatic carbocycles. The van der Waals surface area contributed by atoms with Crippen molar-refractivity contribution >= 4 is 0 Å².